The van der Waals surface area contributed by atoms with Crippen LogP contribution in [0.4, 0.5) is 0 Å². The number of esters is 1. The summed E-state index contributed by atoms with van der Waals surface area (Å²) in [5.41, 5.74) is 1.15. The van der Waals surface area contributed by atoms with Crippen LogP contribution in [0.3, 0.4) is 0 Å². The number of hydrogen-bond acceptors (Lipinski definition) is 4. The molecule has 1 spiro atoms. The summed E-state index contributed by atoms with van der Waals surface area (Å²) < 4.78 is 6.06. The van der Waals surface area contributed by atoms with Crippen LogP contribution in [0.1, 0.15) is 85.0 Å². The highest BCUT2D eigenvalue weighted by molar-refractivity contribution is 5.91. The minimum absolute atomic E-state index is 0.0252. The standard InChI is InChI=1S/C25H34O4/c1-15(26)12-16-13-17-14-18(27)4-8-23(17,2)19-5-9-24(3)20(22(16)19)6-10-25(24)11-7-21(28)29-25/h14,16,19-20,22H,4-13H2,1-3H3/t16-,19+,20+,22-,23+,24+,25-/m1/s1. The van der Waals surface area contributed by atoms with Crippen molar-refractivity contribution in [2.45, 2.75) is 90.6 Å². The molecule has 158 valence electrons. The fourth-order valence-electron chi connectivity index (χ4n) is 8.58. The van der Waals surface area contributed by atoms with Crippen molar-refractivity contribution in [3.63, 3.8) is 0 Å². The van der Waals surface area contributed by atoms with Crippen LogP contribution in [-0.2, 0) is 19.1 Å². The van der Waals surface area contributed by atoms with Gasteiger partial charge in [-0.25, -0.2) is 0 Å². The summed E-state index contributed by atoms with van der Waals surface area (Å²) >= 11 is 0. The quantitative estimate of drug-likeness (QED) is 0.627. The molecule has 5 aliphatic rings. The third kappa shape index (κ3) is 2.59. The van der Waals surface area contributed by atoms with Gasteiger partial charge < -0.3 is 9.53 Å². The van der Waals surface area contributed by atoms with Gasteiger partial charge in [-0.1, -0.05) is 19.4 Å². The van der Waals surface area contributed by atoms with E-state index in [1.165, 1.54) is 5.57 Å². The van der Waals surface area contributed by atoms with Crippen molar-refractivity contribution in [2.75, 3.05) is 0 Å². The molecule has 4 nitrogen and oxygen atoms in total. The number of ether oxygens (including phenoxy) is 1. The maximum Gasteiger partial charge on any atom is 0.306 e. The summed E-state index contributed by atoms with van der Waals surface area (Å²) in [5.74, 6) is 2.34. The molecule has 0 amide bonds. The molecular formula is C25H34O4. The van der Waals surface area contributed by atoms with E-state index in [0.717, 1.165) is 44.9 Å². The van der Waals surface area contributed by atoms with E-state index in [0.29, 0.717) is 42.9 Å². The summed E-state index contributed by atoms with van der Waals surface area (Å²) in [6.45, 7) is 6.47. The molecule has 0 N–H and O–H groups in total. The highest BCUT2D eigenvalue weighted by Gasteiger charge is 2.68. The molecule has 1 heterocycles. The number of fused-ring (bicyclic) bond motifs is 6. The Morgan fingerprint density at radius 2 is 1.83 bits per heavy atom. The first kappa shape index (κ1) is 19.5. The van der Waals surface area contributed by atoms with Gasteiger partial charge in [0.05, 0.1) is 0 Å². The topological polar surface area (TPSA) is 60.4 Å². The van der Waals surface area contributed by atoms with E-state index in [1.807, 2.05) is 6.08 Å². The first-order chi connectivity index (χ1) is 13.7. The molecule has 29 heavy (non-hydrogen) atoms. The van der Waals surface area contributed by atoms with Crippen LogP contribution in [0.5, 0.6) is 0 Å². The Kier molecular flexibility index (Phi) is 4.22. The van der Waals surface area contributed by atoms with E-state index in [1.54, 1.807) is 6.92 Å². The van der Waals surface area contributed by atoms with Crippen LogP contribution in [0.15, 0.2) is 11.6 Å². The Bertz CT molecular complexity index is 812. The number of rotatable bonds is 2. The number of ketones is 2. The highest BCUT2D eigenvalue weighted by atomic mass is 16.6. The Morgan fingerprint density at radius 1 is 1.07 bits per heavy atom. The molecule has 0 unspecified atom stereocenters. The largest absolute Gasteiger partial charge is 0.458 e. The van der Waals surface area contributed by atoms with E-state index >= 15 is 0 Å². The lowest BCUT2D eigenvalue weighted by molar-refractivity contribution is -0.171. The average Bonchev–Trinajstić information content (AvgIpc) is 3.17. The van der Waals surface area contributed by atoms with Crippen LogP contribution < -0.4 is 0 Å². The molecule has 0 aromatic heterocycles. The van der Waals surface area contributed by atoms with Gasteiger partial charge in [0.1, 0.15) is 11.4 Å². The van der Waals surface area contributed by atoms with Crippen molar-refractivity contribution in [3.05, 3.63) is 11.6 Å². The van der Waals surface area contributed by atoms with Crippen LogP contribution in [0, 0.1) is 34.5 Å². The molecular weight excluding hydrogens is 364 g/mol. The van der Waals surface area contributed by atoms with Crippen molar-refractivity contribution in [1.82, 2.24) is 0 Å². The van der Waals surface area contributed by atoms with Crippen LogP contribution >= 0.6 is 0 Å². The van der Waals surface area contributed by atoms with Crippen molar-refractivity contribution < 1.29 is 19.1 Å². The second-order valence-corrected chi connectivity index (χ2v) is 11.2. The Hall–Kier alpha value is -1.45. The fraction of sp³-hybridized carbons (Fsp3) is 0.800. The van der Waals surface area contributed by atoms with Crippen molar-refractivity contribution >= 4 is 17.5 Å². The van der Waals surface area contributed by atoms with Crippen molar-refractivity contribution in [1.29, 1.82) is 0 Å². The number of Topliss-reactive ketones (excluding diaryl/α,β-unsaturated/α-hetero) is 1. The molecule has 7 atom stereocenters. The Morgan fingerprint density at radius 3 is 2.52 bits per heavy atom. The maximum absolute atomic E-state index is 12.2. The highest BCUT2D eigenvalue weighted by Crippen LogP contribution is 2.70. The molecule has 4 aliphatic carbocycles. The van der Waals surface area contributed by atoms with Crippen LogP contribution in [-0.4, -0.2) is 23.1 Å². The van der Waals surface area contributed by atoms with Crippen molar-refractivity contribution in [2.24, 2.45) is 34.5 Å². The summed E-state index contributed by atoms with van der Waals surface area (Å²) in [6.07, 6.45) is 10.8. The second kappa shape index (κ2) is 6.28. The molecule has 4 heteroatoms. The SMILES string of the molecule is CC(=O)C[C@@H]1CC2=CC(=O)CC[C@]2(C)[C@H]2CC[C@@]3(C)[C@@H](CC[C@@]34CCC(=O)O4)[C@H]12. The Balaban J connectivity index is 1.56. The van der Waals surface area contributed by atoms with Gasteiger partial charge in [0.15, 0.2) is 5.78 Å². The fourth-order valence-corrected chi connectivity index (χ4v) is 8.58. The maximum atomic E-state index is 12.2. The third-order valence-electron chi connectivity index (χ3n) is 10.0. The molecule has 5 rings (SSSR count). The van der Waals surface area contributed by atoms with Gasteiger partial charge in [0.25, 0.3) is 0 Å². The molecule has 0 aromatic rings. The van der Waals surface area contributed by atoms with Gasteiger partial charge in [-0.05, 0) is 87.0 Å². The zero-order valence-corrected chi connectivity index (χ0v) is 18.1. The number of carbonyl (C=O) groups excluding carboxylic acids is 3. The molecule has 0 bridgehead atoms. The second-order valence-electron chi connectivity index (χ2n) is 11.2. The van der Waals surface area contributed by atoms with E-state index in [-0.39, 0.29) is 34.0 Å². The van der Waals surface area contributed by atoms with Gasteiger partial charge in [0, 0.05) is 24.7 Å². The number of allylic oxidation sites excluding steroid dienone is 1. The average molecular weight is 399 g/mol. The minimum atomic E-state index is -0.278. The molecule has 1 saturated heterocycles. The molecule has 3 saturated carbocycles. The zero-order valence-electron chi connectivity index (χ0n) is 18.1. The first-order valence-corrected chi connectivity index (χ1v) is 11.6. The lowest BCUT2D eigenvalue weighted by Crippen LogP contribution is -2.57. The zero-order chi connectivity index (χ0) is 20.6. The smallest absolute Gasteiger partial charge is 0.306 e. The van der Waals surface area contributed by atoms with E-state index in [2.05, 4.69) is 13.8 Å². The van der Waals surface area contributed by atoms with Crippen LogP contribution in [0.25, 0.3) is 0 Å². The third-order valence-corrected chi connectivity index (χ3v) is 10.0. The normalized spacial score (nSPS) is 48.6. The van der Waals surface area contributed by atoms with E-state index in [9.17, 15) is 14.4 Å². The van der Waals surface area contributed by atoms with Crippen molar-refractivity contribution in [3.8, 4) is 0 Å². The van der Waals surface area contributed by atoms with Gasteiger partial charge in [-0.2, -0.15) is 0 Å². The van der Waals surface area contributed by atoms with E-state index < -0.39 is 0 Å². The van der Waals surface area contributed by atoms with Gasteiger partial charge in [-0.15, -0.1) is 0 Å². The molecule has 4 fully saturated rings. The lowest BCUT2D eigenvalue weighted by Gasteiger charge is -2.61. The van der Waals surface area contributed by atoms with E-state index in [4.69, 9.17) is 4.74 Å². The summed E-state index contributed by atoms with van der Waals surface area (Å²) in [6, 6.07) is 0. The molecule has 1 aliphatic heterocycles. The number of carbonyl (C=O) groups is 3. The molecule has 0 radical (unpaired) electrons. The van der Waals surface area contributed by atoms with Gasteiger partial charge in [-0.3, -0.25) is 9.59 Å². The van der Waals surface area contributed by atoms with Crippen LogP contribution in [0.2, 0.25) is 0 Å². The van der Waals surface area contributed by atoms with Gasteiger partial charge >= 0.3 is 5.97 Å². The summed E-state index contributed by atoms with van der Waals surface area (Å²) in [5, 5.41) is 0. The minimum Gasteiger partial charge on any atom is -0.458 e. The summed E-state index contributed by atoms with van der Waals surface area (Å²) in [7, 11) is 0. The number of hydrogen-bond donors (Lipinski definition) is 0. The predicted molar refractivity (Wildman–Crippen MR) is 109 cm³/mol. The lowest BCUT2D eigenvalue weighted by atomic mass is 9.43. The monoisotopic (exact) mass is 398 g/mol. The first-order valence-electron chi connectivity index (χ1n) is 11.6. The predicted octanol–water partition coefficient (Wildman–Crippen LogP) is 4.80. The van der Waals surface area contributed by atoms with Gasteiger partial charge in [0.2, 0.25) is 0 Å². The Labute approximate surface area is 173 Å². The molecule has 0 aromatic carbocycles. The summed E-state index contributed by atoms with van der Waals surface area (Å²) in [4.78, 5) is 36.5.